The van der Waals surface area contributed by atoms with Gasteiger partial charge in [0.15, 0.2) is 0 Å². The van der Waals surface area contributed by atoms with Gasteiger partial charge in [0, 0.05) is 12.4 Å². The van der Waals surface area contributed by atoms with E-state index in [0.717, 1.165) is 17.0 Å². The maximum absolute atomic E-state index is 4.39. The molecule has 0 atom stereocenters. The maximum Gasteiger partial charge on any atom is 0.251 e. The lowest BCUT2D eigenvalue weighted by Crippen LogP contribution is -1.97. The van der Waals surface area contributed by atoms with Gasteiger partial charge in [-0.25, -0.2) is 14.5 Å². The van der Waals surface area contributed by atoms with Gasteiger partial charge < -0.3 is 0 Å². The molecule has 0 aromatic carbocycles. The smallest absolute Gasteiger partial charge is 0.251 e. The molecule has 0 amide bonds. The number of aryl methyl sites for hydroxylation is 1. The van der Waals surface area contributed by atoms with Crippen molar-refractivity contribution in [1.82, 2.24) is 24.6 Å². The predicted octanol–water partition coefficient (Wildman–Crippen LogP) is 1.49. The standard InChI is InChI=1S/C11H9N5/c1-8-3-2-4-12-10(8)9-7-14-16-6-5-13-11(16)15-9/h2-7H,1H3. The number of aromatic nitrogens is 5. The first-order chi connectivity index (χ1) is 7.84. The van der Waals surface area contributed by atoms with Crippen LogP contribution in [0.15, 0.2) is 36.9 Å². The minimum Gasteiger partial charge on any atom is -0.254 e. The molecule has 0 aliphatic carbocycles. The van der Waals surface area contributed by atoms with E-state index in [1.165, 1.54) is 0 Å². The van der Waals surface area contributed by atoms with Crippen LogP contribution in [0, 0.1) is 6.92 Å². The summed E-state index contributed by atoms with van der Waals surface area (Å²) in [6.45, 7) is 2.00. The average Bonchev–Trinajstić information content (AvgIpc) is 2.76. The van der Waals surface area contributed by atoms with E-state index in [1.54, 1.807) is 29.3 Å². The van der Waals surface area contributed by atoms with Crippen molar-refractivity contribution in [3.8, 4) is 11.4 Å². The highest BCUT2D eigenvalue weighted by Crippen LogP contribution is 2.17. The van der Waals surface area contributed by atoms with E-state index in [9.17, 15) is 0 Å². The quantitative estimate of drug-likeness (QED) is 0.612. The Morgan fingerprint density at radius 2 is 2.12 bits per heavy atom. The Bertz CT molecular complexity index is 643. The highest BCUT2D eigenvalue weighted by molar-refractivity contribution is 5.58. The highest BCUT2D eigenvalue weighted by atomic mass is 15.3. The third kappa shape index (κ3) is 1.33. The lowest BCUT2D eigenvalue weighted by Gasteiger charge is -2.02. The van der Waals surface area contributed by atoms with Gasteiger partial charge in [0.1, 0.15) is 5.69 Å². The zero-order valence-corrected chi connectivity index (χ0v) is 8.70. The van der Waals surface area contributed by atoms with Crippen LogP contribution in [0.2, 0.25) is 0 Å². The van der Waals surface area contributed by atoms with E-state index in [1.807, 2.05) is 19.1 Å². The van der Waals surface area contributed by atoms with Gasteiger partial charge in [0.25, 0.3) is 5.78 Å². The van der Waals surface area contributed by atoms with Gasteiger partial charge in [-0.1, -0.05) is 6.07 Å². The molecule has 5 nitrogen and oxygen atoms in total. The van der Waals surface area contributed by atoms with Crippen molar-refractivity contribution in [2.45, 2.75) is 6.92 Å². The van der Waals surface area contributed by atoms with Crippen molar-refractivity contribution >= 4 is 5.78 Å². The molecule has 0 fully saturated rings. The first-order valence-corrected chi connectivity index (χ1v) is 4.93. The van der Waals surface area contributed by atoms with Gasteiger partial charge in [0.05, 0.1) is 18.1 Å². The molecule has 78 valence electrons. The minimum absolute atomic E-state index is 0.586. The monoisotopic (exact) mass is 211 g/mol. The van der Waals surface area contributed by atoms with Crippen molar-refractivity contribution in [3.63, 3.8) is 0 Å². The zero-order valence-electron chi connectivity index (χ0n) is 8.70. The van der Waals surface area contributed by atoms with Crippen LogP contribution >= 0.6 is 0 Å². The normalized spacial score (nSPS) is 10.8. The second-order valence-corrected chi connectivity index (χ2v) is 3.48. The molecule has 0 saturated heterocycles. The zero-order chi connectivity index (χ0) is 11.0. The molecule has 3 aromatic heterocycles. The van der Waals surface area contributed by atoms with Crippen LogP contribution < -0.4 is 0 Å². The summed E-state index contributed by atoms with van der Waals surface area (Å²) in [5, 5.41) is 4.21. The summed E-state index contributed by atoms with van der Waals surface area (Å²) in [7, 11) is 0. The Labute approximate surface area is 91.8 Å². The number of nitrogens with zero attached hydrogens (tertiary/aromatic N) is 5. The number of imidazole rings is 1. The molecular formula is C11H9N5. The van der Waals surface area contributed by atoms with E-state index in [4.69, 9.17) is 0 Å². The summed E-state index contributed by atoms with van der Waals surface area (Å²) in [5.74, 6) is 0.586. The average molecular weight is 211 g/mol. The fraction of sp³-hybridized carbons (Fsp3) is 0.0909. The summed E-state index contributed by atoms with van der Waals surface area (Å²) in [5.41, 5.74) is 2.67. The van der Waals surface area contributed by atoms with Crippen molar-refractivity contribution in [3.05, 3.63) is 42.5 Å². The van der Waals surface area contributed by atoms with E-state index in [2.05, 4.69) is 20.1 Å². The molecule has 0 bridgehead atoms. The van der Waals surface area contributed by atoms with Gasteiger partial charge in [-0.05, 0) is 18.6 Å². The van der Waals surface area contributed by atoms with Crippen LogP contribution in [0.4, 0.5) is 0 Å². The number of fused-ring (bicyclic) bond motifs is 1. The third-order valence-corrected chi connectivity index (χ3v) is 2.38. The van der Waals surface area contributed by atoms with Crippen molar-refractivity contribution in [2.24, 2.45) is 0 Å². The molecule has 16 heavy (non-hydrogen) atoms. The molecular weight excluding hydrogens is 202 g/mol. The summed E-state index contributed by atoms with van der Waals surface area (Å²) in [6, 6.07) is 3.90. The fourth-order valence-electron chi connectivity index (χ4n) is 1.58. The van der Waals surface area contributed by atoms with Crippen molar-refractivity contribution in [1.29, 1.82) is 0 Å². The first-order valence-electron chi connectivity index (χ1n) is 4.93. The maximum atomic E-state index is 4.39. The van der Waals surface area contributed by atoms with Crippen LogP contribution in [0.3, 0.4) is 0 Å². The van der Waals surface area contributed by atoms with Crippen LogP contribution in [-0.2, 0) is 0 Å². The second kappa shape index (κ2) is 3.37. The Balaban J connectivity index is 2.22. The van der Waals surface area contributed by atoms with Gasteiger partial charge in [-0.15, -0.1) is 0 Å². The fourth-order valence-corrected chi connectivity index (χ4v) is 1.58. The summed E-state index contributed by atoms with van der Waals surface area (Å²) < 4.78 is 1.63. The minimum atomic E-state index is 0.586. The molecule has 3 rings (SSSR count). The molecule has 3 heterocycles. The third-order valence-electron chi connectivity index (χ3n) is 2.38. The molecule has 0 aliphatic heterocycles. The van der Waals surface area contributed by atoms with Crippen molar-refractivity contribution in [2.75, 3.05) is 0 Å². The number of rotatable bonds is 1. The molecule has 0 saturated carbocycles. The predicted molar refractivity (Wildman–Crippen MR) is 58.8 cm³/mol. The summed E-state index contributed by atoms with van der Waals surface area (Å²) in [4.78, 5) is 12.8. The van der Waals surface area contributed by atoms with E-state index >= 15 is 0 Å². The van der Waals surface area contributed by atoms with E-state index < -0.39 is 0 Å². The van der Waals surface area contributed by atoms with Crippen LogP contribution in [0.25, 0.3) is 17.2 Å². The molecule has 0 N–H and O–H groups in total. The Kier molecular flexibility index (Phi) is 1.89. The molecule has 0 unspecified atom stereocenters. The SMILES string of the molecule is Cc1cccnc1-c1cnn2ccnc2n1. The lowest BCUT2D eigenvalue weighted by molar-refractivity contribution is 0.903. The van der Waals surface area contributed by atoms with Crippen LogP contribution in [0.5, 0.6) is 0 Å². The largest absolute Gasteiger partial charge is 0.254 e. The van der Waals surface area contributed by atoms with Crippen molar-refractivity contribution < 1.29 is 0 Å². The van der Waals surface area contributed by atoms with Crippen LogP contribution in [0.1, 0.15) is 5.56 Å². The Morgan fingerprint density at radius 3 is 3.00 bits per heavy atom. The number of pyridine rings is 1. The molecule has 0 radical (unpaired) electrons. The van der Waals surface area contributed by atoms with Gasteiger partial charge in [0.2, 0.25) is 0 Å². The topological polar surface area (TPSA) is 56.0 Å². The Morgan fingerprint density at radius 1 is 1.19 bits per heavy atom. The second-order valence-electron chi connectivity index (χ2n) is 3.48. The molecule has 0 aliphatic rings. The number of hydrogen-bond acceptors (Lipinski definition) is 4. The van der Waals surface area contributed by atoms with Gasteiger partial charge in [-0.2, -0.15) is 5.10 Å². The van der Waals surface area contributed by atoms with E-state index in [0.29, 0.717) is 5.78 Å². The Hall–Kier alpha value is -2.30. The highest BCUT2D eigenvalue weighted by Gasteiger charge is 2.06. The molecule has 0 spiro atoms. The van der Waals surface area contributed by atoms with Gasteiger partial charge >= 0.3 is 0 Å². The van der Waals surface area contributed by atoms with E-state index in [-0.39, 0.29) is 0 Å². The van der Waals surface area contributed by atoms with Crippen LogP contribution in [-0.4, -0.2) is 24.6 Å². The summed E-state index contributed by atoms with van der Waals surface area (Å²) >= 11 is 0. The molecule has 3 aromatic rings. The summed E-state index contributed by atoms with van der Waals surface area (Å²) in [6.07, 6.45) is 6.88. The first kappa shape index (κ1) is 8.96. The van der Waals surface area contributed by atoms with Gasteiger partial charge in [-0.3, -0.25) is 4.98 Å². The lowest BCUT2D eigenvalue weighted by atomic mass is 10.2. The molecule has 5 heteroatoms. The number of hydrogen-bond donors (Lipinski definition) is 0.